The van der Waals surface area contributed by atoms with Gasteiger partial charge in [-0.3, -0.25) is 19.3 Å². The Morgan fingerprint density at radius 2 is 2.11 bits per heavy atom. The summed E-state index contributed by atoms with van der Waals surface area (Å²) in [5, 5.41) is 2.59. The minimum absolute atomic E-state index is 0.0727. The fourth-order valence-electron chi connectivity index (χ4n) is 2.13. The van der Waals surface area contributed by atoms with Crippen LogP contribution in [0.3, 0.4) is 0 Å². The molecule has 1 atom stereocenters. The van der Waals surface area contributed by atoms with Crippen LogP contribution in [0.1, 0.15) is 26.2 Å². The lowest BCUT2D eigenvalue weighted by atomic mass is 10.2. The van der Waals surface area contributed by atoms with Gasteiger partial charge in [0.15, 0.2) is 5.78 Å². The van der Waals surface area contributed by atoms with Crippen molar-refractivity contribution in [2.45, 2.75) is 32.2 Å². The first-order valence-electron chi connectivity index (χ1n) is 6.21. The molecule has 6 nitrogen and oxygen atoms in total. The van der Waals surface area contributed by atoms with Crippen molar-refractivity contribution in [3.8, 4) is 0 Å². The van der Waals surface area contributed by atoms with Crippen molar-refractivity contribution in [2.24, 2.45) is 0 Å². The van der Waals surface area contributed by atoms with Gasteiger partial charge >= 0.3 is 5.97 Å². The van der Waals surface area contributed by atoms with Crippen molar-refractivity contribution in [3.05, 3.63) is 0 Å². The number of nitrogens with zero attached hydrogens (tertiary/aromatic N) is 1. The number of nitrogens with one attached hydrogen (secondary N) is 1. The molecule has 0 aromatic carbocycles. The highest BCUT2D eigenvalue weighted by molar-refractivity contribution is 5.97. The zero-order chi connectivity index (χ0) is 13.5. The molecule has 102 valence electrons. The Bertz CT molecular complexity index is 330. The number of likely N-dealkylation sites (N-methyl/N-ethyl adjacent to an activating group) is 1. The third-order valence-corrected chi connectivity index (χ3v) is 2.94. The highest BCUT2D eigenvalue weighted by Gasteiger charge is 2.31. The van der Waals surface area contributed by atoms with Crippen molar-refractivity contribution >= 4 is 17.7 Å². The van der Waals surface area contributed by atoms with Gasteiger partial charge in [-0.25, -0.2) is 0 Å². The SMILES string of the molecule is CCOC(=O)CC(=O)CN1CCCC1C(=O)NC. The maximum absolute atomic E-state index is 11.7. The maximum Gasteiger partial charge on any atom is 0.313 e. The van der Waals surface area contributed by atoms with Gasteiger partial charge in [0.1, 0.15) is 6.42 Å². The highest BCUT2D eigenvalue weighted by Crippen LogP contribution is 2.17. The molecular weight excluding hydrogens is 236 g/mol. The number of carbonyl (C=O) groups excluding carboxylic acids is 3. The Morgan fingerprint density at radius 3 is 2.72 bits per heavy atom. The number of esters is 1. The van der Waals surface area contributed by atoms with Crippen molar-refractivity contribution in [1.82, 2.24) is 10.2 Å². The summed E-state index contributed by atoms with van der Waals surface area (Å²) in [6.45, 7) is 2.82. The Morgan fingerprint density at radius 1 is 1.39 bits per heavy atom. The third kappa shape index (κ3) is 4.10. The Kier molecular flexibility index (Phi) is 5.77. The van der Waals surface area contributed by atoms with Crippen LogP contribution in [0.4, 0.5) is 0 Å². The monoisotopic (exact) mass is 256 g/mol. The maximum atomic E-state index is 11.7. The van der Waals surface area contributed by atoms with Gasteiger partial charge in [-0.2, -0.15) is 0 Å². The second-order valence-corrected chi connectivity index (χ2v) is 4.26. The summed E-state index contributed by atoms with van der Waals surface area (Å²) in [7, 11) is 1.58. The minimum atomic E-state index is -0.502. The summed E-state index contributed by atoms with van der Waals surface area (Å²) in [6.07, 6.45) is 1.43. The zero-order valence-corrected chi connectivity index (χ0v) is 10.9. The van der Waals surface area contributed by atoms with E-state index in [-0.39, 0.29) is 37.3 Å². The van der Waals surface area contributed by atoms with E-state index in [4.69, 9.17) is 4.74 Å². The Labute approximate surface area is 107 Å². The van der Waals surface area contributed by atoms with E-state index in [1.165, 1.54) is 0 Å². The molecule has 1 aliphatic heterocycles. The molecule has 0 radical (unpaired) electrons. The van der Waals surface area contributed by atoms with Crippen LogP contribution in [0.25, 0.3) is 0 Å². The van der Waals surface area contributed by atoms with Gasteiger partial charge in [0.2, 0.25) is 5.91 Å². The van der Waals surface area contributed by atoms with Gasteiger partial charge in [-0.05, 0) is 26.3 Å². The lowest BCUT2D eigenvalue weighted by molar-refractivity contribution is -0.145. The predicted octanol–water partition coefficient (Wildman–Crippen LogP) is -0.281. The molecule has 0 aromatic rings. The van der Waals surface area contributed by atoms with Gasteiger partial charge in [-0.15, -0.1) is 0 Å². The van der Waals surface area contributed by atoms with Gasteiger partial charge in [0.05, 0.1) is 19.2 Å². The fraction of sp³-hybridized carbons (Fsp3) is 0.750. The van der Waals surface area contributed by atoms with Crippen LogP contribution in [0.5, 0.6) is 0 Å². The smallest absolute Gasteiger partial charge is 0.313 e. The van der Waals surface area contributed by atoms with Crippen LogP contribution in [0.2, 0.25) is 0 Å². The summed E-state index contributed by atoms with van der Waals surface area (Å²) in [5.74, 6) is -0.779. The molecule has 1 aliphatic rings. The van der Waals surface area contributed by atoms with E-state index >= 15 is 0 Å². The molecule has 1 N–H and O–H groups in total. The summed E-state index contributed by atoms with van der Waals surface area (Å²) < 4.78 is 4.71. The van der Waals surface area contributed by atoms with Crippen LogP contribution in [0, 0.1) is 0 Å². The van der Waals surface area contributed by atoms with Crippen LogP contribution in [-0.4, -0.2) is 55.3 Å². The standard InChI is InChI=1S/C12H20N2O4/c1-3-18-11(16)7-9(15)8-14-6-4-5-10(14)12(17)13-2/h10H,3-8H2,1-2H3,(H,13,17). The molecule has 1 fully saturated rings. The summed E-state index contributed by atoms with van der Waals surface area (Å²) in [5.41, 5.74) is 0. The van der Waals surface area contributed by atoms with E-state index in [1.807, 2.05) is 4.90 Å². The zero-order valence-electron chi connectivity index (χ0n) is 10.9. The van der Waals surface area contributed by atoms with Crippen LogP contribution < -0.4 is 5.32 Å². The number of Topliss-reactive ketones (excluding diaryl/α,β-unsaturated/α-hetero) is 1. The minimum Gasteiger partial charge on any atom is -0.466 e. The molecule has 0 bridgehead atoms. The molecule has 1 saturated heterocycles. The number of amides is 1. The predicted molar refractivity (Wildman–Crippen MR) is 64.9 cm³/mol. The summed E-state index contributed by atoms with van der Waals surface area (Å²) in [4.78, 5) is 36.2. The average Bonchev–Trinajstić information content (AvgIpc) is 2.76. The molecule has 0 spiro atoms. The van der Waals surface area contributed by atoms with E-state index in [0.29, 0.717) is 6.54 Å². The van der Waals surface area contributed by atoms with E-state index in [1.54, 1.807) is 14.0 Å². The number of hydrogen-bond donors (Lipinski definition) is 1. The molecule has 18 heavy (non-hydrogen) atoms. The second kappa shape index (κ2) is 7.10. The van der Waals surface area contributed by atoms with Gasteiger partial charge in [-0.1, -0.05) is 0 Å². The van der Waals surface area contributed by atoms with Crippen LogP contribution in [-0.2, 0) is 19.1 Å². The van der Waals surface area contributed by atoms with E-state index in [0.717, 1.165) is 12.8 Å². The number of likely N-dealkylation sites (tertiary alicyclic amines) is 1. The van der Waals surface area contributed by atoms with Crippen molar-refractivity contribution < 1.29 is 19.1 Å². The van der Waals surface area contributed by atoms with Gasteiger partial charge < -0.3 is 10.1 Å². The first kappa shape index (κ1) is 14.6. The number of carbonyl (C=O) groups is 3. The summed E-state index contributed by atoms with van der Waals surface area (Å²) >= 11 is 0. The topological polar surface area (TPSA) is 75.7 Å². The first-order chi connectivity index (χ1) is 8.58. The molecule has 1 rings (SSSR count). The normalized spacial score (nSPS) is 19.6. The number of ketones is 1. The second-order valence-electron chi connectivity index (χ2n) is 4.26. The Balaban J connectivity index is 2.43. The quantitative estimate of drug-likeness (QED) is 0.522. The van der Waals surface area contributed by atoms with Crippen molar-refractivity contribution in [3.63, 3.8) is 0 Å². The largest absolute Gasteiger partial charge is 0.466 e. The van der Waals surface area contributed by atoms with Crippen LogP contribution in [0.15, 0.2) is 0 Å². The van der Waals surface area contributed by atoms with E-state index in [9.17, 15) is 14.4 Å². The molecule has 1 unspecified atom stereocenters. The number of ether oxygens (including phenoxy) is 1. The number of rotatable bonds is 6. The van der Waals surface area contributed by atoms with Crippen molar-refractivity contribution in [2.75, 3.05) is 26.7 Å². The molecule has 0 saturated carbocycles. The third-order valence-electron chi connectivity index (χ3n) is 2.94. The van der Waals surface area contributed by atoms with Crippen LogP contribution >= 0.6 is 0 Å². The first-order valence-corrected chi connectivity index (χ1v) is 6.21. The lowest BCUT2D eigenvalue weighted by Gasteiger charge is -2.21. The van der Waals surface area contributed by atoms with E-state index in [2.05, 4.69) is 5.32 Å². The van der Waals surface area contributed by atoms with E-state index < -0.39 is 5.97 Å². The van der Waals surface area contributed by atoms with Gasteiger partial charge in [0, 0.05) is 7.05 Å². The Hall–Kier alpha value is -1.43. The molecule has 0 aliphatic carbocycles. The van der Waals surface area contributed by atoms with Gasteiger partial charge in [0.25, 0.3) is 0 Å². The summed E-state index contributed by atoms with van der Waals surface area (Å²) in [6, 6.07) is -0.249. The highest BCUT2D eigenvalue weighted by atomic mass is 16.5. The average molecular weight is 256 g/mol. The molecule has 1 heterocycles. The lowest BCUT2D eigenvalue weighted by Crippen LogP contribution is -2.44. The number of hydrogen-bond acceptors (Lipinski definition) is 5. The molecule has 6 heteroatoms. The fourth-order valence-corrected chi connectivity index (χ4v) is 2.13. The van der Waals surface area contributed by atoms with Crippen molar-refractivity contribution in [1.29, 1.82) is 0 Å². The molecule has 1 amide bonds. The molecular formula is C12H20N2O4. The molecule has 0 aromatic heterocycles.